The Kier molecular flexibility index (Phi) is 11.5. The molecule has 1 aromatic rings. The Labute approximate surface area is 239 Å². The van der Waals surface area contributed by atoms with E-state index in [-0.39, 0.29) is 42.2 Å². The highest BCUT2D eigenvalue weighted by Gasteiger charge is 2.40. The number of carbonyl (C=O) groups is 2. The Balaban J connectivity index is 1.91. The van der Waals surface area contributed by atoms with Gasteiger partial charge in [-0.25, -0.2) is 4.98 Å². The number of cyclic esters (lactones) is 1. The first kappa shape index (κ1) is 31.7. The van der Waals surface area contributed by atoms with Crippen molar-refractivity contribution in [1.82, 2.24) is 4.98 Å². The quantitative estimate of drug-likeness (QED) is 0.280. The van der Waals surface area contributed by atoms with Gasteiger partial charge in [0.2, 0.25) is 0 Å². The summed E-state index contributed by atoms with van der Waals surface area (Å²) in [7, 11) is 0. The number of Topliss-reactive ketones (excluding diaryl/α,β-unsaturated/α-hetero) is 1. The molecule has 0 radical (unpaired) electrons. The molecule has 1 saturated heterocycles. The van der Waals surface area contributed by atoms with Crippen LogP contribution in [0.25, 0.3) is 6.08 Å². The molecular formula is C32H49NO5S. The minimum Gasteiger partial charge on any atom is -0.457 e. The zero-order valence-corrected chi connectivity index (χ0v) is 26.1. The molecular weight excluding hydrogens is 510 g/mol. The number of ketones is 1. The van der Waals surface area contributed by atoms with E-state index in [9.17, 15) is 9.59 Å². The van der Waals surface area contributed by atoms with Crippen LogP contribution in [0.3, 0.4) is 0 Å². The Morgan fingerprint density at radius 1 is 1.15 bits per heavy atom. The second-order valence-corrected chi connectivity index (χ2v) is 13.4. The molecule has 3 heterocycles. The minimum absolute atomic E-state index is 0.0730. The van der Waals surface area contributed by atoms with Gasteiger partial charge in [-0.3, -0.25) is 9.59 Å². The van der Waals surface area contributed by atoms with E-state index in [4.69, 9.17) is 14.2 Å². The number of aryl methyl sites for hydroxylation is 1. The molecule has 2 aliphatic heterocycles. The van der Waals surface area contributed by atoms with Crippen LogP contribution in [0.4, 0.5) is 0 Å². The zero-order valence-electron chi connectivity index (χ0n) is 25.2. The van der Waals surface area contributed by atoms with Crippen molar-refractivity contribution >= 4 is 29.2 Å². The third-order valence-electron chi connectivity index (χ3n) is 9.13. The fourth-order valence-electron chi connectivity index (χ4n) is 5.59. The van der Waals surface area contributed by atoms with Gasteiger partial charge in [-0.15, -0.1) is 11.3 Å². The van der Waals surface area contributed by atoms with Gasteiger partial charge in [0.05, 0.1) is 23.9 Å². The molecule has 218 valence electrons. The van der Waals surface area contributed by atoms with Crippen molar-refractivity contribution < 1.29 is 23.8 Å². The Morgan fingerprint density at radius 2 is 1.85 bits per heavy atom. The van der Waals surface area contributed by atoms with E-state index in [2.05, 4.69) is 31.8 Å². The third-order valence-corrected chi connectivity index (χ3v) is 9.92. The number of nitrogens with zero attached hydrogens (tertiary/aromatic N) is 1. The van der Waals surface area contributed by atoms with Gasteiger partial charge in [0.1, 0.15) is 11.9 Å². The van der Waals surface area contributed by atoms with Crippen LogP contribution < -0.4 is 0 Å². The lowest BCUT2D eigenvalue weighted by Gasteiger charge is -2.36. The average molecular weight is 560 g/mol. The highest BCUT2D eigenvalue weighted by Crippen LogP contribution is 2.38. The summed E-state index contributed by atoms with van der Waals surface area (Å²) in [5, 5.41) is 3.02. The van der Waals surface area contributed by atoms with Crippen molar-refractivity contribution in [3.05, 3.63) is 33.3 Å². The van der Waals surface area contributed by atoms with Gasteiger partial charge in [0.25, 0.3) is 0 Å². The molecule has 39 heavy (non-hydrogen) atoms. The smallest absolute Gasteiger partial charge is 0.306 e. The summed E-state index contributed by atoms with van der Waals surface area (Å²) in [6.07, 6.45) is 8.14. The molecule has 0 unspecified atom stereocenters. The normalized spacial score (nSPS) is 32.1. The SMILES string of the molecule is C/C(=C\c1csc(C)n1)[C@@H]1C/C=C(/CC2OCCO2)CCC[C@H](C)[C@H](C)[C@@H](C)C(=O)C(C)(C)[C@@H](C)CC(=O)O1. The molecule has 0 bridgehead atoms. The number of esters is 1. The standard InChI is InChI=1S/C32H49NO5S/c1-20-10-9-11-26(18-30-36-14-15-37-30)12-13-28(21(2)16-27-19-39-25(6)33-27)38-29(34)17-22(3)32(7,8)31(35)24(5)23(20)4/h12,16,19-20,22-24,28,30H,9-11,13-15,17-18H2,1-8H3/b21-16+,26-12+/t20-,22-,23-,24+,28-/m0/s1. The molecule has 3 rings (SSSR count). The fraction of sp³-hybridized carbons (Fsp3) is 0.719. The van der Waals surface area contributed by atoms with Crippen LogP contribution in [0, 0.1) is 36.0 Å². The van der Waals surface area contributed by atoms with Crippen molar-refractivity contribution in [2.45, 2.75) is 106 Å². The van der Waals surface area contributed by atoms with Crippen LogP contribution in [-0.2, 0) is 23.8 Å². The van der Waals surface area contributed by atoms with Crippen molar-refractivity contribution in [2.24, 2.45) is 29.1 Å². The monoisotopic (exact) mass is 559 g/mol. The highest BCUT2D eigenvalue weighted by atomic mass is 32.1. The van der Waals surface area contributed by atoms with E-state index in [0.29, 0.717) is 25.6 Å². The summed E-state index contributed by atoms with van der Waals surface area (Å²) in [4.78, 5) is 31.5. The highest BCUT2D eigenvalue weighted by molar-refractivity contribution is 7.09. The number of hydrogen-bond acceptors (Lipinski definition) is 7. The predicted octanol–water partition coefficient (Wildman–Crippen LogP) is 7.56. The largest absolute Gasteiger partial charge is 0.457 e. The van der Waals surface area contributed by atoms with Crippen molar-refractivity contribution in [2.75, 3.05) is 13.2 Å². The predicted molar refractivity (Wildman–Crippen MR) is 157 cm³/mol. The first-order valence-corrected chi connectivity index (χ1v) is 15.5. The Hall–Kier alpha value is -1.83. The van der Waals surface area contributed by atoms with Crippen molar-refractivity contribution in [3.63, 3.8) is 0 Å². The molecule has 7 heteroatoms. The van der Waals surface area contributed by atoms with Crippen LogP contribution in [-0.4, -0.2) is 42.3 Å². The van der Waals surface area contributed by atoms with Crippen LogP contribution in [0.15, 0.2) is 22.6 Å². The Bertz CT molecular complexity index is 1040. The number of rotatable bonds is 4. The molecule has 1 fully saturated rings. The minimum atomic E-state index is -0.615. The average Bonchev–Trinajstić information content (AvgIpc) is 3.55. The fourth-order valence-corrected chi connectivity index (χ4v) is 6.16. The maximum Gasteiger partial charge on any atom is 0.306 e. The van der Waals surface area contributed by atoms with Gasteiger partial charge < -0.3 is 14.2 Å². The second kappa shape index (κ2) is 14.2. The molecule has 0 aliphatic carbocycles. The van der Waals surface area contributed by atoms with Gasteiger partial charge in [0.15, 0.2) is 6.29 Å². The maximum atomic E-state index is 13.7. The summed E-state index contributed by atoms with van der Waals surface area (Å²) < 4.78 is 17.6. The lowest BCUT2D eigenvalue weighted by atomic mass is 9.67. The Morgan fingerprint density at radius 3 is 2.49 bits per heavy atom. The molecule has 5 atom stereocenters. The number of carbonyl (C=O) groups excluding carboxylic acids is 2. The first-order valence-electron chi connectivity index (χ1n) is 14.6. The van der Waals surface area contributed by atoms with E-state index in [0.717, 1.165) is 42.0 Å². The number of hydrogen-bond donors (Lipinski definition) is 0. The molecule has 0 N–H and O–H groups in total. The van der Waals surface area contributed by atoms with Crippen LogP contribution in [0.5, 0.6) is 0 Å². The zero-order chi connectivity index (χ0) is 28.7. The third kappa shape index (κ3) is 8.83. The van der Waals surface area contributed by atoms with Gasteiger partial charge in [0, 0.05) is 36.0 Å². The van der Waals surface area contributed by atoms with E-state index in [1.165, 1.54) is 5.57 Å². The maximum absolute atomic E-state index is 13.7. The summed E-state index contributed by atoms with van der Waals surface area (Å²) in [5.74, 6) is 0.448. The van der Waals surface area contributed by atoms with Gasteiger partial charge in [-0.05, 0) is 56.1 Å². The molecule has 1 aromatic heterocycles. The first-order chi connectivity index (χ1) is 18.4. The van der Waals surface area contributed by atoms with E-state index < -0.39 is 11.5 Å². The topological polar surface area (TPSA) is 74.7 Å². The van der Waals surface area contributed by atoms with E-state index in [1.54, 1.807) is 11.3 Å². The van der Waals surface area contributed by atoms with E-state index in [1.807, 2.05) is 46.1 Å². The lowest BCUT2D eigenvalue weighted by molar-refractivity contribution is -0.150. The van der Waals surface area contributed by atoms with Gasteiger partial charge >= 0.3 is 5.97 Å². The summed E-state index contributed by atoms with van der Waals surface area (Å²) in [6.45, 7) is 17.7. The number of thiazole rings is 1. The van der Waals surface area contributed by atoms with Crippen LogP contribution >= 0.6 is 11.3 Å². The molecule has 6 nitrogen and oxygen atoms in total. The van der Waals surface area contributed by atoms with Crippen molar-refractivity contribution in [1.29, 1.82) is 0 Å². The molecule has 0 aromatic carbocycles. The summed E-state index contributed by atoms with van der Waals surface area (Å²) in [5.41, 5.74) is 2.49. The lowest BCUT2D eigenvalue weighted by Crippen LogP contribution is -2.40. The molecule has 0 amide bonds. The van der Waals surface area contributed by atoms with Gasteiger partial charge in [-0.1, -0.05) is 59.6 Å². The number of ether oxygens (including phenoxy) is 3. The number of aromatic nitrogens is 1. The van der Waals surface area contributed by atoms with Gasteiger partial charge in [-0.2, -0.15) is 0 Å². The van der Waals surface area contributed by atoms with E-state index >= 15 is 0 Å². The summed E-state index contributed by atoms with van der Waals surface area (Å²) >= 11 is 1.60. The molecule has 0 saturated carbocycles. The molecule has 2 aliphatic rings. The molecule has 0 spiro atoms. The van der Waals surface area contributed by atoms with Crippen molar-refractivity contribution in [3.8, 4) is 0 Å². The summed E-state index contributed by atoms with van der Waals surface area (Å²) in [6, 6.07) is 0. The van der Waals surface area contributed by atoms with Crippen LogP contribution in [0.1, 0.15) is 97.7 Å². The van der Waals surface area contributed by atoms with Crippen LogP contribution in [0.2, 0.25) is 0 Å². The second-order valence-electron chi connectivity index (χ2n) is 12.3.